The fourth-order valence-corrected chi connectivity index (χ4v) is 3.55. The quantitative estimate of drug-likeness (QED) is 0.708. The number of H-pyrrole nitrogens is 1. The fraction of sp³-hybridized carbons (Fsp3) is 0.318. The lowest BCUT2D eigenvalue weighted by molar-refractivity contribution is 0.519. The molecular formula is C22H24FN5O. The van der Waals surface area contributed by atoms with Crippen molar-refractivity contribution in [3.05, 3.63) is 70.0 Å². The number of aryl methyl sites for hydroxylation is 1. The number of anilines is 2. The largest absolute Gasteiger partial charge is 0.380 e. The minimum absolute atomic E-state index is 0.124. The molecule has 0 saturated carbocycles. The number of nitrogens with zero attached hydrogens (tertiary/aromatic N) is 3. The van der Waals surface area contributed by atoms with Gasteiger partial charge in [0.25, 0.3) is 5.56 Å². The fourth-order valence-electron chi connectivity index (χ4n) is 3.55. The van der Waals surface area contributed by atoms with Crippen molar-refractivity contribution < 1.29 is 4.39 Å². The summed E-state index contributed by atoms with van der Waals surface area (Å²) >= 11 is 0. The molecule has 1 aliphatic heterocycles. The van der Waals surface area contributed by atoms with E-state index in [0.29, 0.717) is 17.1 Å². The van der Waals surface area contributed by atoms with E-state index in [0.717, 1.165) is 43.0 Å². The second-order valence-corrected chi connectivity index (χ2v) is 7.42. The summed E-state index contributed by atoms with van der Waals surface area (Å²) in [7, 11) is 0. The summed E-state index contributed by atoms with van der Waals surface area (Å²) in [6.07, 6.45) is 3.56. The van der Waals surface area contributed by atoms with Gasteiger partial charge in [0.1, 0.15) is 17.5 Å². The predicted octanol–water partition coefficient (Wildman–Crippen LogP) is 3.67. The Labute approximate surface area is 168 Å². The molecule has 6 nitrogen and oxygen atoms in total. The van der Waals surface area contributed by atoms with Crippen molar-refractivity contribution in [3.8, 4) is 11.4 Å². The summed E-state index contributed by atoms with van der Waals surface area (Å²) in [5.74, 6) is 1.21. The van der Waals surface area contributed by atoms with Crippen LogP contribution in [0.1, 0.15) is 24.1 Å². The molecule has 1 aliphatic rings. The van der Waals surface area contributed by atoms with Gasteiger partial charge in [-0.1, -0.05) is 12.1 Å². The molecule has 3 aromatic rings. The van der Waals surface area contributed by atoms with Crippen LogP contribution in [0.4, 0.5) is 15.9 Å². The van der Waals surface area contributed by atoms with Gasteiger partial charge in [0.05, 0.1) is 5.69 Å². The van der Waals surface area contributed by atoms with Crippen LogP contribution >= 0.6 is 0 Å². The summed E-state index contributed by atoms with van der Waals surface area (Å²) in [4.78, 5) is 26.0. The van der Waals surface area contributed by atoms with Crippen LogP contribution in [0.5, 0.6) is 0 Å². The number of nitrogens with one attached hydrogen (secondary N) is 2. The van der Waals surface area contributed by atoms with Crippen molar-refractivity contribution in [1.82, 2.24) is 15.0 Å². The van der Waals surface area contributed by atoms with Crippen LogP contribution in [0.2, 0.25) is 0 Å². The number of hydrogen-bond donors (Lipinski definition) is 2. The van der Waals surface area contributed by atoms with Crippen molar-refractivity contribution in [1.29, 1.82) is 0 Å². The van der Waals surface area contributed by atoms with Crippen LogP contribution in [0.15, 0.2) is 47.4 Å². The van der Waals surface area contributed by atoms with E-state index in [4.69, 9.17) is 0 Å². The number of para-hydroxylation sites is 1. The Hall–Kier alpha value is -3.22. The maximum absolute atomic E-state index is 13.8. The lowest BCUT2D eigenvalue weighted by Gasteiger charge is -2.33. The van der Waals surface area contributed by atoms with Crippen LogP contribution in [-0.4, -0.2) is 34.1 Å². The van der Waals surface area contributed by atoms with E-state index in [1.54, 1.807) is 25.3 Å². The van der Waals surface area contributed by atoms with Gasteiger partial charge in [-0.05, 0) is 51.0 Å². The van der Waals surface area contributed by atoms with E-state index in [-0.39, 0.29) is 17.4 Å². The zero-order valence-corrected chi connectivity index (χ0v) is 16.6. The van der Waals surface area contributed by atoms with Crippen molar-refractivity contribution in [3.63, 3.8) is 0 Å². The lowest BCUT2D eigenvalue weighted by Crippen LogP contribution is -2.39. The lowest BCUT2D eigenvalue weighted by atomic mass is 10.0. The third kappa shape index (κ3) is 4.13. The highest BCUT2D eigenvalue weighted by molar-refractivity contribution is 5.57. The van der Waals surface area contributed by atoms with Gasteiger partial charge in [-0.25, -0.2) is 14.4 Å². The SMILES string of the molecule is Cc1nc(-c2ccc(N3CCC(Nc4ccccc4F)CC3)nc2)[nH]c(=O)c1C. The van der Waals surface area contributed by atoms with Gasteiger partial charge >= 0.3 is 0 Å². The molecular weight excluding hydrogens is 369 g/mol. The third-order valence-electron chi connectivity index (χ3n) is 5.47. The highest BCUT2D eigenvalue weighted by Crippen LogP contribution is 2.23. The first-order valence-electron chi connectivity index (χ1n) is 9.81. The molecule has 0 radical (unpaired) electrons. The number of rotatable bonds is 4. The van der Waals surface area contributed by atoms with Crippen LogP contribution in [0.3, 0.4) is 0 Å². The average Bonchev–Trinajstić information content (AvgIpc) is 2.74. The molecule has 0 aliphatic carbocycles. The number of piperidine rings is 1. The number of hydrogen-bond acceptors (Lipinski definition) is 5. The zero-order valence-electron chi connectivity index (χ0n) is 16.6. The highest BCUT2D eigenvalue weighted by Gasteiger charge is 2.21. The van der Waals surface area contributed by atoms with Crippen molar-refractivity contribution >= 4 is 11.5 Å². The number of pyridine rings is 1. The van der Waals surface area contributed by atoms with Gasteiger partial charge in [0.15, 0.2) is 0 Å². The van der Waals surface area contributed by atoms with E-state index in [2.05, 4.69) is 25.2 Å². The molecule has 0 spiro atoms. The van der Waals surface area contributed by atoms with Crippen molar-refractivity contribution in [2.75, 3.05) is 23.3 Å². The first-order chi connectivity index (χ1) is 14.0. The molecule has 4 rings (SSSR count). The maximum Gasteiger partial charge on any atom is 0.254 e. The standard InChI is InChI=1S/C22H24FN5O/c1-14-15(2)25-21(27-22(14)29)16-7-8-20(24-13-16)28-11-9-17(10-12-28)26-19-6-4-3-5-18(19)23/h3-8,13,17,26H,9-12H2,1-2H3,(H,25,27,29). The summed E-state index contributed by atoms with van der Waals surface area (Å²) in [5.41, 5.74) is 2.57. The Bertz CT molecular complexity index is 1060. The van der Waals surface area contributed by atoms with Gasteiger partial charge < -0.3 is 15.2 Å². The summed E-state index contributed by atoms with van der Waals surface area (Å²) in [5, 5.41) is 3.30. The molecule has 3 heterocycles. The Morgan fingerprint density at radius 1 is 1.14 bits per heavy atom. The average molecular weight is 393 g/mol. The smallest absolute Gasteiger partial charge is 0.254 e. The second kappa shape index (κ2) is 8.03. The molecule has 0 unspecified atom stereocenters. The van der Waals surface area contributed by atoms with Gasteiger partial charge in [-0.2, -0.15) is 0 Å². The maximum atomic E-state index is 13.8. The molecule has 0 bridgehead atoms. The number of aromatic amines is 1. The third-order valence-corrected chi connectivity index (χ3v) is 5.47. The Morgan fingerprint density at radius 3 is 2.55 bits per heavy atom. The molecule has 2 aromatic heterocycles. The summed E-state index contributed by atoms with van der Waals surface area (Å²) in [6.45, 7) is 5.28. The summed E-state index contributed by atoms with van der Waals surface area (Å²) < 4.78 is 13.8. The van der Waals surface area contributed by atoms with Crippen molar-refractivity contribution in [2.45, 2.75) is 32.7 Å². The molecule has 150 valence electrons. The monoisotopic (exact) mass is 393 g/mol. The molecule has 1 aromatic carbocycles. The highest BCUT2D eigenvalue weighted by atomic mass is 19.1. The van der Waals surface area contributed by atoms with Crippen LogP contribution in [0.25, 0.3) is 11.4 Å². The Morgan fingerprint density at radius 2 is 1.90 bits per heavy atom. The summed E-state index contributed by atoms with van der Waals surface area (Å²) in [6, 6.07) is 10.9. The van der Waals surface area contributed by atoms with Gasteiger partial charge in [0, 0.05) is 42.1 Å². The van der Waals surface area contributed by atoms with Gasteiger partial charge in [-0.15, -0.1) is 0 Å². The van der Waals surface area contributed by atoms with Crippen LogP contribution in [0, 0.1) is 19.7 Å². The second-order valence-electron chi connectivity index (χ2n) is 7.42. The predicted molar refractivity (Wildman–Crippen MR) is 113 cm³/mol. The normalized spacial score (nSPS) is 14.8. The van der Waals surface area contributed by atoms with E-state index >= 15 is 0 Å². The molecule has 1 fully saturated rings. The minimum atomic E-state index is -0.217. The first-order valence-corrected chi connectivity index (χ1v) is 9.81. The van der Waals surface area contributed by atoms with Crippen LogP contribution < -0.4 is 15.8 Å². The van der Waals surface area contributed by atoms with Crippen LogP contribution in [-0.2, 0) is 0 Å². The first kappa shape index (κ1) is 19.1. The topological polar surface area (TPSA) is 73.9 Å². The van der Waals surface area contributed by atoms with Crippen molar-refractivity contribution in [2.24, 2.45) is 0 Å². The molecule has 0 amide bonds. The molecule has 0 atom stereocenters. The molecule has 2 N–H and O–H groups in total. The number of halogens is 1. The number of benzene rings is 1. The Kier molecular flexibility index (Phi) is 5.29. The molecule has 7 heteroatoms. The van der Waals surface area contributed by atoms with Gasteiger partial charge in [0.2, 0.25) is 0 Å². The van der Waals surface area contributed by atoms with E-state index in [1.165, 1.54) is 6.07 Å². The minimum Gasteiger partial charge on any atom is -0.380 e. The van der Waals surface area contributed by atoms with E-state index in [1.807, 2.05) is 25.1 Å². The zero-order chi connectivity index (χ0) is 20.4. The molecule has 29 heavy (non-hydrogen) atoms. The molecule has 1 saturated heterocycles. The number of aromatic nitrogens is 3. The van der Waals surface area contributed by atoms with E-state index in [9.17, 15) is 9.18 Å². The Balaban J connectivity index is 1.41. The van der Waals surface area contributed by atoms with Gasteiger partial charge in [-0.3, -0.25) is 4.79 Å². The van der Waals surface area contributed by atoms with E-state index < -0.39 is 0 Å².